The Morgan fingerprint density at radius 2 is 2.19 bits per heavy atom. The Bertz CT molecular complexity index is 338. The van der Waals surface area contributed by atoms with Crippen molar-refractivity contribution in [2.24, 2.45) is 0 Å². The monoisotopic (exact) mass is 308 g/mol. The van der Waals surface area contributed by atoms with E-state index in [1.165, 1.54) is 6.07 Å². The van der Waals surface area contributed by atoms with E-state index in [4.69, 9.17) is 0 Å². The Labute approximate surface area is 110 Å². The lowest BCUT2D eigenvalue weighted by Crippen LogP contribution is -2.55. The molecule has 2 nitrogen and oxygen atoms in total. The van der Waals surface area contributed by atoms with E-state index < -0.39 is 0 Å². The molecule has 1 fully saturated rings. The topological polar surface area (TPSA) is 15.3 Å². The molecule has 1 aliphatic rings. The van der Waals surface area contributed by atoms with Crippen LogP contribution in [0.5, 0.6) is 0 Å². The van der Waals surface area contributed by atoms with Crippen molar-refractivity contribution in [3.63, 3.8) is 0 Å². The first kappa shape index (κ1) is 13.9. The van der Waals surface area contributed by atoms with Gasteiger partial charge in [-0.15, -0.1) is 12.4 Å². The van der Waals surface area contributed by atoms with Crippen LogP contribution in [0.2, 0.25) is 0 Å². The van der Waals surface area contributed by atoms with E-state index >= 15 is 0 Å². The molecular weight excluding hydrogens is 294 g/mol. The third-order valence-corrected chi connectivity index (χ3v) is 3.60. The average molecular weight is 310 g/mol. The van der Waals surface area contributed by atoms with Gasteiger partial charge in [-0.1, -0.05) is 22.0 Å². The molecule has 1 saturated heterocycles. The Kier molecular flexibility index (Phi) is 5.18. The summed E-state index contributed by atoms with van der Waals surface area (Å²) in [6.07, 6.45) is 0. The third kappa shape index (κ3) is 2.94. The first-order valence-corrected chi connectivity index (χ1v) is 5.81. The van der Waals surface area contributed by atoms with Crippen LogP contribution in [-0.2, 0) is 6.54 Å². The van der Waals surface area contributed by atoms with Crippen LogP contribution in [0.15, 0.2) is 22.7 Å². The van der Waals surface area contributed by atoms with Crippen LogP contribution in [0, 0.1) is 5.82 Å². The van der Waals surface area contributed by atoms with Crippen molar-refractivity contribution in [3.05, 3.63) is 34.1 Å². The maximum absolute atomic E-state index is 13.5. The number of hydrogen-bond acceptors (Lipinski definition) is 2. The van der Waals surface area contributed by atoms with Crippen LogP contribution in [0.4, 0.5) is 4.39 Å². The van der Waals surface area contributed by atoms with Crippen LogP contribution in [0.3, 0.4) is 0 Å². The average Bonchev–Trinajstić information content (AvgIpc) is 2.08. The molecule has 1 aliphatic heterocycles. The zero-order valence-corrected chi connectivity index (χ0v) is 11.4. The molecule has 16 heavy (non-hydrogen) atoms. The molecular formula is C11H15BrClFN2. The number of halogens is 3. The Morgan fingerprint density at radius 1 is 1.50 bits per heavy atom. The fourth-order valence-corrected chi connectivity index (χ4v) is 2.11. The predicted molar refractivity (Wildman–Crippen MR) is 69.5 cm³/mol. The molecule has 0 unspecified atom stereocenters. The summed E-state index contributed by atoms with van der Waals surface area (Å²) in [6.45, 7) is 2.66. The highest BCUT2D eigenvalue weighted by atomic mass is 79.9. The van der Waals surface area contributed by atoms with Crippen LogP contribution in [0.1, 0.15) is 5.56 Å². The summed E-state index contributed by atoms with van der Waals surface area (Å²) in [4.78, 5) is 2.18. The molecule has 5 heteroatoms. The molecule has 0 bridgehead atoms. The minimum atomic E-state index is -0.136. The van der Waals surface area contributed by atoms with Gasteiger partial charge in [-0.2, -0.15) is 0 Å². The number of nitrogens with zero attached hydrogens (tertiary/aromatic N) is 1. The third-order valence-electron chi connectivity index (χ3n) is 2.85. The van der Waals surface area contributed by atoms with Gasteiger partial charge in [0.15, 0.2) is 0 Å². The second-order valence-corrected chi connectivity index (χ2v) is 4.78. The van der Waals surface area contributed by atoms with Crippen LogP contribution < -0.4 is 5.32 Å². The summed E-state index contributed by atoms with van der Waals surface area (Å²) in [5, 5.41) is 3.21. The Morgan fingerprint density at radius 3 is 2.69 bits per heavy atom. The van der Waals surface area contributed by atoms with Crippen molar-refractivity contribution in [1.29, 1.82) is 0 Å². The first-order valence-electron chi connectivity index (χ1n) is 5.02. The smallest absolute Gasteiger partial charge is 0.128 e. The summed E-state index contributed by atoms with van der Waals surface area (Å²) in [5.41, 5.74) is 0.743. The summed E-state index contributed by atoms with van der Waals surface area (Å²) in [5.74, 6) is -0.136. The van der Waals surface area contributed by atoms with Gasteiger partial charge in [0.05, 0.1) is 0 Å². The number of likely N-dealkylation sites (N-methyl/N-ethyl adjacent to an activating group) is 1. The summed E-state index contributed by atoms with van der Waals surface area (Å²) < 4.78 is 14.4. The van der Waals surface area contributed by atoms with E-state index in [-0.39, 0.29) is 18.2 Å². The van der Waals surface area contributed by atoms with Crippen molar-refractivity contribution in [2.75, 3.05) is 20.1 Å². The summed E-state index contributed by atoms with van der Waals surface area (Å²) in [7, 11) is 2.03. The van der Waals surface area contributed by atoms with E-state index in [1.54, 1.807) is 6.07 Å². The SMILES string of the molecule is CN(Cc1c(F)cccc1Br)C1CNC1.Cl. The van der Waals surface area contributed by atoms with Gasteiger partial charge in [-0.25, -0.2) is 4.39 Å². The number of benzene rings is 1. The predicted octanol–water partition coefficient (Wildman–Crippen LogP) is 2.41. The molecule has 1 heterocycles. The van der Waals surface area contributed by atoms with Crippen LogP contribution >= 0.6 is 28.3 Å². The maximum Gasteiger partial charge on any atom is 0.128 e. The van der Waals surface area contributed by atoms with Gasteiger partial charge >= 0.3 is 0 Å². The van der Waals surface area contributed by atoms with Crippen LogP contribution in [0.25, 0.3) is 0 Å². The lowest BCUT2D eigenvalue weighted by atomic mass is 10.1. The summed E-state index contributed by atoms with van der Waals surface area (Å²) in [6, 6.07) is 5.64. The molecule has 0 aromatic heterocycles. The fraction of sp³-hybridized carbons (Fsp3) is 0.455. The molecule has 0 atom stereocenters. The molecule has 0 aliphatic carbocycles. The van der Waals surface area contributed by atoms with Crippen molar-refractivity contribution >= 4 is 28.3 Å². The van der Waals surface area contributed by atoms with E-state index in [0.717, 1.165) is 23.1 Å². The summed E-state index contributed by atoms with van der Waals surface area (Å²) >= 11 is 3.38. The van der Waals surface area contributed by atoms with E-state index in [0.29, 0.717) is 12.6 Å². The molecule has 1 aromatic carbocycles. The highest BCUT2D eigenvalue weighted by molar-refractivity contribution is 9.10. The van der Waals surface area contributed by atoms with Crippen molar-refractivity contribution in [1.82, 2.24) is 10.2 Å². The lowest BCUT2D eigenvalue weighted by molar-refractivity contribution is 0.171. The number of nitrogens with one attached hydrogen (secondary N) is 1. The molecule has 0 saturated carbocycles. The Balaban J connectivity index is 0.00000128. The van der Waals surface area contributed by atoms with Gasteiger partial charge < -0.3 is 5.32 Å². The van der Waals surface area contributed by atoms with Gasteiger partial charge in [0.2, 0.25) is 0 Å². The molecule has 0 amide bonds. The van der Waals surface area contributed by atoms with Crippen molar-refractivity contribution < 1.29 is 4.39 Å². The second-order valence-electron chi connectivity index (χ2n) is 3.93. The zero-order chi connectivity index (χ0) is 10.8. The normalized spacial score (nSPS) is 15.8. The van der Waals surface area contributed by atoms with E-state index in [2.05, 4.69) is 26.1 Å². The van der Waals surface area contributed by atoms with Crippen molar-refractivity contribution in [2.45, 2.75) is 12.6 Å². The lowest BCUT2D eigenvalue weighted by Gasteiger charge is -2.35. The van der Waals surface area contributed by atoms with E-state index in [1.807, 2.05) is 13.1 Å². The highest BCUT2D eigenvalue weighted by Gasteiger charge is 2.22. The molecule has 1 aromatic rings. The fourth-order valence-electron chi connectivity index (χ4n) is 1.65. The number of hydrogen-bond donors (Lipinski definition) is 1. The first-order chi connectivity index (χ1) is 7.18. The van der Waals surface area contributed by atoms with Gasteiger partial charge in [0.1, 0.15) is 5.82 Å². The molecule has 90 valence electrons. The second kappa shape index (κ2) is 5.96. The standard InChI is InChI=1S/C11H14BrFN2.ClH/c1-15(8-5-14-6-8)7-9-10(12)3-2-4-11(9)13;/h2-4,8,14H,5-7H2,1H3;1H. The molecule has 0 radical (unpaired) electrons. The van der Waals surface area contributed by atoms with E-state index in [9.17, 15) is 4.39 Å². The van der Waals surface area contributed by atoms with Crippen molar-refractivity contribution in [3.8, 4) is 0 Å². The Hall–Kier alpha value is -0.160. The molecule has 2 rings (SSSR count). The maximum atomic E-state index is 13.5. The highest BCUT2D eigenvalue weighted by Crippen LogP contribution is 2.21. The van der Waals surface area contributed by atoms with Gasteiger partial charge in [0.25, 0.3) is 0 Å². The zero-order valence-electron chi connectivity index (χ0n) is 9.04. The minimum Gasteiger partial charge on any atom is -0.314 e. The van der Waals surface area contributed by atoms with Gasteiger partial charge in [-0.05, 0) is 19.2 Å². The van der Waals surface area contributed by atoms with Gasteiger partial charge in [-0.3, -0.25) is 4.90 Å². The van der Waals surface area contributed by atoms with Gasteiger partial charge in [0, 0.05) is 35.7 Å². The minimum absolute atomic E-state index is 0. The quantitative estimate of drug-likeness (QED) is 0.922. The molecule has 0 spiro atoms. The largest absolute Gasteiger partial charge is 0.314 e. The number of rotatable bonds is 3. The molecule has 1 N–H and O–H groups in total. The van der Waals surface area contributed by atoms with Crippen LogP contribution in [-0.4, -0.2) is 31.1 Å².